The molecular formula is C18H18ClF3N4O4S. The fraction of sp³-hybridized carbons (Fsp3) is 0.278. The van der Waals surface area contributed by atoms with Crippen LogP contribution in [0.3, 0.4) is 0 Å². The molecule has 13 heteroatoms. The Morgan fingerprint density at radius 3 is 2.42 bits per heavy atom. The summed E-state index contributed by atoms with van der Waals surface area (Å²) in [6.07, 6.45) is -4.89. The van der Waals surface area contributed by atoms with Crippen LogP contribution in [-0.2, 0) is 14.8 Å². The highest BCUT2D eigenvalue weighted by Crippen LogP contribution is 2.27. The summed E-state index contributed by atoms with van der Waals surface area (Å²) in [5.74, 6) is -2.33. The lowest BCUT2D eigenvalue weighted by atomic mass is 10.0. The van der Waals surface area contributed by atoms with Gasteiger partial charge in [0.05, 0.1) is 5.92 Å². The second-order valence-corrected chi connectivity index (χ2v) is 8.98. The Bertz CT molecular complexity index is 1050. The maximum atomic E-state index is 12.8. The van der Waals surface area contributed by atoms with Crippen LogP contribution in [0, 0.1) is 5.92 Å². The van der Waals surface area contributed by atoms with Crippen LogP contribution in [0.15, 0.2) is 48.5 Å². The summed E-state index contributed by atoms with van der Waals surface area (Å²) >= 11 is 5.79. The van der Waals surface area contributed by atoms with E-state index in [1.165, 1.54) is 36.4 Å². The van der Waals surface area contributed by atoms with Gasteiger partial charge in [0.1, 0.15) is 5.75 Å². The average Bonchev–Trinajstić information content (AvgIpc) is 3.05. The van der Waals surface area contributed by atoms with Gasteiger partial charge in [-0.2, -0.15) is 0 Å². The fourth-order valence-corrected chi connectivity index (χ4v) is 4.72. The molecule has 1 fully saturated rings. The first-order valence-electron chi connectivity index (χ1n) is 8.89. The number of nitrogens with one attached hydrogen (secondary N) is 4. The molecule has 168 valence electrons. The van der Waals surface area contributed by atoms with E-state index in [-0.39, 0.29) is 11.4 Å². The number of rotatable bonds is 6. The van der Waals surface area contributed by atoms with E-state index in [0.717, 1.165) is 12.1 Å². The molecule has 2 aromatic carbocycles. The molecule has 3 unspecified atom stereocenters. The second-order valence-electron chi connectivity index (χ2n) is 6.74. The highest BCUT2D eigenvalue weighted by Gasteiger charge is 2.46. The van der Waals surface area contributed by atoms with Crippen LogP contribution in [0.5, 0.6) is 5.75 Å². The summed E-state index contributed by atoms with van der Waals surface area (Å²) in [6.45, 7) is 1.60. The first-order chi connectivity index (χ1) is 14.4. The van der Waals surface area contributed by atoms with Crippen LogP contribution in [0.25, 0.3) is 0 Å². The Morgan fingerprint density at radius 2 is 1.77 bits per heavy atom. The Kier molecular flexibility index (Phi) is 6.65. The number of alkyl halides is 3. The minimum absolute atomic E-state index is 0.0210. The van der Waals surface area contributed by atoms with Crippen LogP contribution < -0.4 is 25.6 Å². The predicted molar refractivity (Wildman–Crippen MR) is 109 cm³/mol. The zero-order valence-electron chi connectivity index (χ0n) is 15.9. The van der Waals surface area contributed by atoms with E-state index in [4.69, 9.17) is 11.6 Å². The summed E-state index contributed by atoms with van der Waals surface area (Å²) in [7, 11) is -4.08. The zero-order valence-corrected chi connectivity index (χ0v) is 17.5. The van der Waals surface area contributed by atoms with Crippen molar-refractivity contribution in [3.05, 3.63) is 53.6 Å². The van der Waals surface area contributed by atoms with E-state index in [1.54, 1.807) is 6.92 Å². The van der Waals surface area contributed by atoms with Crippen LogP contribution in [0.1, 0.15) is 6.92 Å². The molecule has 0 radical (unpaired) electrons. The van der Waals surface area contributed by atoms with Crippen molar-refractivity contribution in [2.45, 2.75) is 24.7 Å². The Labute approximate surface area is 181 Å². The number of hydrazine groups is 1. The molecule has 1 amide bonds. The molecule has 31 heavy (non-hydrogen) atoms. The van der Waals surface area contributed by atoms with Crippen molar-refractivity contribution in [2.24, 2.45) is 5.92 Å². The van der Waals surface area contributed by atoms with Gasteiger partial charge in [0.15, 0.2) is 5.37 Å². The molecule has 0 bridgehead atoms. The molecule has 2 aromatic rings. The predicted octanol–water partition coefficient (Wildman–Crippen LogP) is 3.06. The SMILES string of the molecule is CC1NNC(S(=O)(=O)Nc2ccc(Cl)cc2)C1C(=O)Nc1cccc(OC(F)(F)F)c1. The van der Waals surface area contributed by atoms with Gasteiger partial charge in [-0.3, -0.25) is 14.9 Å². The number of hydrogen-bond acceptors (Lipinski definition) is 6. The van der Waals surface area contributed by atoms with Gasteiger partial charge in [-0.25, -0.2) is 13.8 Å². The molecule has 3 atom stereocenters. The molecule has 1 aliphatic heterocycles. The van der Waals surface area contributed by atoms with Gasteiger partial charge < -0.3 is 10.1 Å². The van der Waals surface area contributed by atoms with Crippen molar-refractivity contribution < 1.29 is 31.1 Å². The van der Waals surface area contributed by atoms with Gasteiger partial charge in [-0.1, -0.05) is 17.7 Å². The summed E-state index contributed by atoms with van der Waals surface area (Å²) < 4.78 is 69.1. The molecule has 0 saturated carbocycles. The molecule has 8 nitrogen and oxygen atoms in total. The minimum atomic E-state index is -4.89. The number of halogens is 4. The van der Waals surface area contributed by atoms with Crippen molar-refractivity contribution >= 4 is 38.9 Å². The number of anilines is 2. The standard InChI is InChI=1S/C18H18ClF3N4O4S/c1-10-15(16(27)23-13-3-2-4-14(9-13)30-18(20,21)22)17(25-24-10)31(28,29)26-12-7-5-11(19)6-8-12/h2-10,15,17,24-26H,1H3,(H,23,27). The van der Waals surface area contributed by atoms with Crippen molar-refractivity contribution in [1.82, 2.24) is 10.9 Å². The lowest BCUT2D eigenvalue weighted by Crippen LogP contribution is -2.45. The monoisotopic (exact) mass is 478 g/mol. The lowest BCUT2D eigenvalue weighted by Gasteiger charge is -2.21. The number of sulfonamides is 1. The number of carbonyl (C=O) groups excluding carboxylic acids is 1. The van der Waals surface area contributed by atoms with E-state index in [9.17, 15) is 26.4 Å². The highest BCUT2D eigenvalue weighted by atomic mass is 35.5. The Morgan fingerprint density at radius 1 is 1.10 bits per heavy atom. The van der Waals surface area contributed by atoms with Crippen molar-refractivity contribution in [1.29, 1.82) is 0 Å². The average molecular weight is 479 g/mol. The van der Waals surface area contributed by atoms with Crippen molar-refractivity contribution in [2.75, 3.05) is 10.0 Å². The number of amides is 1. The first-order valence-corrected chi connectivity index (χ1v) is 10.8. The molecule has 1 aliphatic rings. The minimum Gasteiger partial charge on any atom is -0.406 e. The molecular weight excluding hydrogens is 461 g/mol. The molecule has 4 N–H and O–H groups in total. The number of hydrogen-bond donors (Lipinski definition) is 4. The third kappa shape index (κ3) is 6.00. The van der Waals surface area contributed by atoms with Gasteiger partial charge in [-0.05, 0) is 43.3 Å². The van der Waals surface area contributed by atoms with Gasteiger partial charge in [0.25, 0.3) is 10.0 Å². The van der Waals surface area contributed by atoms with E-state index in [1.807, 2.05) is 0 Å². The van der Waals surface area contributed by atoms with Crippen LogP contribution in [-0.4, -0.2) is 32.1 Å². The van der Waals surface area contributed by atoms with E-state index < -0.39 is 45.4 Å². The maximum absolute atomic E-state index is 12.8. The number of carbonyl (C=O) groups is 1. The van der Waals surface area contributed by atoms with Gasteiger partial charge in [-0.15, -0.1) is 13.2 Å². The third-order valence-electron chi connectivity index (χ3n) is 4.39. The van der Waals surface area contributed by atoms with Crippen molar-refractivity contribution in [3.63, 3.8) is 0 Å². The molecule has 0 spiro atoms. The lowest BCUT2D eigenvalue weighted by molar-refractivity contribution is -0.274. The highest BCUT2D eigenvalue weighted by molar-refractivity contribution is 7.93. The topological polar surface area (TPSA) is 109 Å². The van der Waals surface area contributed by atoms with Crippen LogP contribution in [0.2, 0.25) is 5.02 Å². The summed E-state index contributed by atoms with van der Waals surface area (Å²) in [4.78, 5) is 12.8. The fourth-order valence-electron chi connectivity index (χ4n) is 3.03. The van der Waals surface area contributed by atoms with Gasteiger partial charge in [0.2, 0.25) is 5.91 Å². The third-order valence-corrected chi connectivity index (χ3v) is 6.25. The van der Waals surface area contributed by atoms with E-state index >= 15 is 0 Å². The second kappa shape index (κ2) is 8.91. The largest absolute Gasteiger partial charge is 0.573 e. The molecule has 1 heterocycles. The normalized spacial score (nSPS) is 21.5. The smallest absolute Gasteiger partial charge is 0.406 e. The van der Waals surface area contributed by atoms with Crippen LogP contribution in [0.4, 0.5) is 24.5 Å². The Hall–Kier alpha value is -2.54. The zero-order chi connectivity index (χ0) is 22.8. The Balaban J connectivity index is 1.76. The summed E-state index contributed by atoms with van der Waals surface area (Å²) in [5.41, 5.74) is 5.55. The number of ether oxygens (including phenoxy) is 1. The van der Waals surface area contributed by atoms with Crippen LogP contribution >= 0.6 is 11.6 Å². The molecule has 0 aromatic heterocycles. The van der Waals surface area contributed by atoms with Gasteiger partial charge >= 0.3 is 6.36 Å². The maximum Gasteiger partial charge on any atom is 0.573 e. The van der Waals surface area contributed by atoms with E-state index in [0.29, 0.717) is 5.02 Å². The molecule has 1 saturated heterocycles. The summed E-state index contributed by atoms with van der Waals surface area (Å²) in [5, 5.41) is 1.51. The summed E-state index contributed by atoms with van der Waals surface area (Å²) in [6, 6.07) is 10.0. The van der Waals surface area contributed by atoms with Crippen molar-refractivity contribution in [3.8, 4) is 5.75 Å². The number of benzene rings is 2. The first kappa shape index (κ1) is 23.1. The molecule has 0 aliphatic carbocycles. The van der Waals surface area contributed by atoms with E-state index in [2.05, 4.69) is 25.6 Å². The van der Waals surface area contributed by atoms with Gasteiger partial charge in [0, 0.05) is 28.5 Å². The molecule has 3 rings (SSSR count). The quantitative estimate of drug-likeness (QED) is 0.508.